The first-order valence-corrected chi connectivity index (χ1v) is 10.9. The number of aromatic nitrogens is 2. The third-order valence-electron chi connectivity index (χ3n) is 3.88. The second-order valence-electron chi connectivity index (χ2n) is 6.12. The number of rotatable bonds is 4. The van der Waals surface area contributed by atoms with Gasteiger partial charge in [0, 0.05) is 33.3 Å². The van der Waals surface area contributed by atoms with E-state index in [2.05, 4.69) is 53.0 Å². The minimum Gasteiger partial charge on any atom is -0.319 e. The molecule has 0 saturated carbocycles. The van der Waals surface area contributed by atoms with E-state index >= 15 is 0 Å². The Kier molecular flexibility index (Phi) is 7.37. The van der Waals surface area contributed by atoms with Gasteiger partial charge in [0.2, 0.25) is 5.91 Å². The fraction of sp³-hybridized carbons (Fsp3) is 0.0526. The summed E-state index contributed by atoms with van der Waals surface area (Å²) in [5.41, 5.74) is 4.85. The summed E-state index contributed by atoms with van der Waals surface area (Å²) in [4.78, 5) is 41.0. The third-order valence-corrected chi connectivity index (χ3v) is 5.45. The number of hydrogen-bond donors (Lipinski definition) is 3. The van der Waals surface area contributed by atoms with Crippen molar-refractivity contribution in [2.45, 2.75) is 6.92 Å². The van der Waals surface area contributed by atoms with Crippen LogP contribution in [0.2, 0.25) is 10.0 Å². The molecule has 2 heterocycles. The topological polar surface area (TPSA) is 105 Å². The number of nitrogens with one attached hydrogen (secondary N) is 3. The molecule has 0 atom stereocenters. The van der Waals surface area contributed by atoms with Crippen LogP contribution >= 0.6 is 55.1 Å². The van der Waals surface area contributed by atoms with Crippen LogP contribution in [0.15, 0.2) is 51.7 Å². The van der Waals surface area contributed by atoms with Gasteiger partial charge < -0.3 is 5.32 Å². The highest BCUT2D eigenvalue weighted by Gasteiger charge is 2.22. The van der Waals surface area contributed by atoms with Crippen LogP contribution in [0.3, 0.4) is 0 Å². The predicted octanol–water partition coefficient (Wildman–Crippen LogP) is 4.74. The number of benzene rings is 1. The quantitative estimate of drug-likeness (QED) is 0.382. The number of amides is 3. The first-order chi connectivity index (χ1) is 14.7. The number of nitrogens with zero attached hydrogens (tertiary/aromatic N) is 2. The summed E-state index contributed by atoms with van der Waals surface area (Å²) < 4.78 is 2.51. The van der Waals surface area contributed by atoms with E-state index in [1.54, 1.807) is 30.6 Å². The molecule has 3 rings (SSSR count). The number of anilines is 1. The minimum absolute atomic E-state index is 0.0366. The molecule has 3 amide bonds. The maximum atomic E-state index is 13.1. The zero-order valence-electron chi connectivity index (χ0n) is 15.7. The van der Waals surface area contributed by atoms with Gasteiger partial charge in [-0.1, -0.05) is 23.2 Å². The van der Waals surface area contributed by atoms with Gasteiger partial charge in [0.1, 0.15) is 5.69 Å². The zero-order chi connectivity index (χ0) is 22.7. The second-order valence-corrected chi connectivity index (χ2v) is 8.74. The number of carbonyl (C=O) groups is 3. The van der Waals surface area contributed by atoms with E-state index in [4.69, 9.17) is 23.2 Å². The van der Waals surface area contributed by atoms with Gasteiger partial charge in [-0.05, 0) is 62.2 Å². The van der Waals surface area contributed by atoms with Crippen molar-refractivity contribution in [3.63, 3.8) is 0 Å². The number of hydrogen-bond acceptors (Lipinski definition) is 4. The van der Waals surface area contributed by atoms with E-state index < -0.39 is 17.7 Å². The molecule has 0 spiro atoms. The Hall–Kier alpha value is -2.40. The van der Waals surface area contributed by atoms with Gasteiger partial charge in [-0.15, -0.1) is 0 Å². The van der Waals surface area contributed by atoms with Gasteiger partial charge in [0.05, 0.1) is 16.3 Å². The van der Waals surface area contributed by atoms with E-state index in [0.29, 0.717) is 19.8 Å². The van der Waals surface area contributed by atoms with Crippen molar-refractivity contribution in [1.82, 2.24) is 20.4 Å². The van der Waals surface area contributed by atoms with Crippen molar-refractivity contribution in [2.75, 3.05) is 5.32 Å². The van der Waals surface area contributed by atoms with Crippen LogP contribution in [-0.4, -0.2) is 27.3 Å². The summed E-state index contributed by atoms with van der Waals surface area (Å²) in [6.07, 6.45) is 3.20. The van der Waals surface area contributed by atoms with Crippen LogP contribution in [0.4, 0.5) is 5.69 Å². The van der Waals surface area contributed by atoms with Crippen molar-refractivity contribution in [3.8, 4) is 5.82 Å². The molecule has 0 aliphatic rings. The van der Waals surface area contributed by atoms with Crippen LogP contribution in [0, 0.1) is 0 Å². The number of halogens is 4. The molecule has 3 N–H and O–H groups in total. The molecule has 1 aromatic carbocycles. The predicted molar refractivity (Wildman–Crippen MR) is 125 cm³/mol. The fourth-order valence-corrected chi connectivity index (χ4v) is 4.15. The number of hydrazine groups is 1. The molecule has 0 radical (unpaired) electrons. The lowest BCUT2D eigenvalue weighted by atomic mass is 10.1. The van der Waals surface area contributed by atoms with Crippen molar-refractivity contribution in [2.24, 2.45) is 0 Å². The maximum absolute atomic E-state index is 13.1. The summed E-state index contributed by atoms with van der Waals surface area (Å²) in [6.45, 7) is 1.24. The number of pyridine rings is 1. The molecular weight excluding hydrogens is 577 g/mol. The van der Waals surface area contributed by atoms with E-state index in [9.17, 15) is 14.4 Å². The summed E-state index contributed by atoms with van der Waals surface area (Å²) in [7, 11) is 0. The second kappa shape index (κ2) is 9.82. The maximum Gasteiger partial charge on any atom is 0.272 e. The Balaban J connectivity index is 1.99. The van der Waals surface area contributed by atoms with E-state index in [0.717, 1.165) is 0 Å². The van der Waals surface area contributed by atoms with Gasteiger partial charge in [0.25, 0.3) is 11.8 Å². The van der Waals surface area contributed by atoms with Crippen molar-refractivity contribution in [1.29, 1.82) is 0 Å². The van der Waals surface area contributed by atoms with Gasteiger partial charge in [-0.2, -0.15) is 0 Å². The highest BCUT2D eigenvalue weighted by molar-refractivity contribution is 9.10. The zero-order valence-corrected chi connectivity index (χ0v) is 20.4. The molecule has 0 fully saturated rings. The third kappa shape index (κ3) is 5.45. The van der Waals surface area contributed by atoms with E-state index in [-0.39, 0.29) is 22.0 Å². The Morgan fingerprint density at radius 3 is 2.48 bits per heavy atom. The molecular formula is C19H13Br2Cl2N5O3. The monoisotopic (exact) mass is 587 g/mol. The number of carbonyl (C=O) groups excluding carboxylic acids is 3. The van der Waals surface area contributed by atoms with Crippen LogP contribution in [0.25, 0.3) is 5.82 Å². The smallest absolute Gasteiger partial charge is 0.272 e. The molecule has 0 unspecified atom stereocenters. The fourth-order valence-electron chi connectivity index (χ4n) is 2.60. The molecule has 0 aliphatic carbocycles. The Morgan fingerprint density at radius 2 is 1.81 bits per heavy atom. The molecule has 2 aromatic heterocycles. The highest BCUT2D eigenvalue weighted by Crippen LogP contribution is 2.32. The minimum atomic E-state index is -0.668. The van der Waals surface area contributed by atoms with Gasteiger partial charge in [-0.25, -0.2) is 4.98 Å². The molecule has 0 saturated heterocycles. The van der Waals surface area contributed by atoms with Crippen LogP contribution in [0.1, 0.15) is 27.8 Å². The van der Waals surface area contributed by atoms with Crippen LogP contribution < -0.4 is 16.2 Å². The first kappa shape index (κ1) is 23.3. The van der Waals surface area contributed by atoms with Crippen LogP contribution in [-0.2, 0) is 4.79 Å². The SMILES string of the molecule is CC(=O)NNC(=O)c1cc(Cl)cc(Br)c1NC(=O)c1cc(Br)cn1-c1ncccc1Cl. The lowest BCUT2D eigenvalue weighted by molar-refractivity contribution is -0.119. The summed E-state index contributed by atoms with van der Waals surface area (Å²) in [5, 5.41) is 3.31. The Bertz CT molecular complexity index is 1200. The van der Waals surface area contributed by atoms with Gasteiger partial charge >= 0.3 is 0 Å². The molecule has 160 valence electrons. The summed E-state index contributed by atoms with van der Waals surface area (Å²) in [5.74, 6) is -1.31. The normalized spacial score (nSPS) is 10.5. The average molecular weight is 590 g/mol. The van der Waals surface area contributed by atoms with Crippen LogP contribution in [0.5, 0.6) is 0 Å². The largest absolute Gasteiger partial charge is 0.319 e. The van der Waals surface area contributed by atoms with Crippen molar-refractivity contribution in [3.05, 3.63) is 73.0 Å². The lowest BCUT2D eigenvalue weighted by Gasteiger charge is -2.15. The van der Waals surface area contributed by atoms with E-state index in [1.165, 1.54) is 23.6 Å². The molecule has 31 heavy (non-hydrogen) atoms. The summed E-state index contributed by atoms with van der Waals surface area (Å²) in [6, 6.07) is 7.80. The van der Waals surface area contributed by atoms with Gasteiger partial charge in [0.15, 0.2) is 5.82 Å². The molecule has 0 aliphatic heterocycles. The first-order valence-electron chi connectivity index (χ1n) is 8.53. The lowest BCUT2D eigenvalue weighted by Crippen LogP contribution is -2.40. The van der Waals surface area contributed by atoms with E-state index in [1.807, 2.05) is 0 Å². The van der Waals surface area contributed by atoms with Gasteiger partial charge in [-0.3, -0.25) is 29.8 Å². The molecule has 8 nitrogen and oxygen atoms in total. The standard InChI is InChI=1S/C19H13Br2Cl2N5O3/c1-9(29)26-27-18(30)12-6-11(22)7-13(21)16(12)25-19(31)15-5-10(20)8-28(15)17-14(23)3-2-4-24-17/h2-8H,1H3,(H,25,31)(H,26,29)(H,27,30). The molecule has 0 bridgehead atoms. The Labute approximate surface area is 203 Å². The summed E-state index contributed by atoms with van der Waals surface area (Å²) >= 11 is 19.0. The average Bonchev–Trinajstić information content (AvgIpc) is 3.09. The van der Waals surface area contributed by atoms with Crippen molar-refractivity contribution < 1.29 is 14.4 Å². The molecule has 12 heteroatoms. The molecule has 3 aromatic rings. The van der Waals surface area contributed by atoms with Crippen molar-refractivity contribution >= 4 is 78.5 Å². The highest BCUT2D eigenvalue weighted by atomic mass is 79.9. The Morgan fingerprint density at radius 1 is 1.06 bits per heavy atom.